The molecule has 4 nitrogen and oxygen atoms in total. The molecule has 1 fully saturated rings. The van der Waals surface area contributed by atoms with E-state index in [1.165, 1.54) is 11.3 Å². The molecule has 20 heavy (non-hydrogen) atoms. The highest BCUT2D eigenvalue weighted by atomic mass is 35.5. The Morgan fingerprint density at radius 2 is 2.00 bits per heavy atom. The second kappa shape index (κ2) is 6.88. The Morgan fingerprint density at radius 3 is 2.65 bits per heavy atom. The van der Waals surface area contributed by atoms with Crippen molar-refractivity contribution in [3.63, 3.8) is 0 Å². The highest BCUT2D eigenvalue weighted by Gasteiger charge is 2.32. The van der Waals surface area contributed by atoms with Crippen molar-refractivity contribution >= 4 is 12.4 Å². The van der Waals surface area contributed by atoms with Gasteiger partial charge in [-0.3, -0.25) is 10.00 Å². The number of aromatic nitrogens is 2. The molecule has 0 bridgehead atoms. The van der Waals surface area contributed by atoms with Crippen molar-refractivity contribution in [1.29, 1.82) is 0 Å². The van der Waals surface area contributed by atoms with E-state index in [1.54, 1.807) is 6.20 Å². The second-order valence-corrected chi connectivity index (χ2v) is 5.29. The summed E-state index contributed by atoms with van der Waals surface area (Å²) in [4.78, 5) is 2.46. The number of hydrogen-bond acceptors (Lipinski definition) is 3. The van der Waals surface area contributed by atoms with E-state index >= 15 is 0 Å². The minimum absolute atomic E-state index is 0. The fourth-order valence-corrected chi connectivity index (χ4v) is 3.02. The molecule has 3 N–H and O–H groups in total. The maximum absolute atomic E-state index is 5.95. The Bertz CT molecular complexity index is 500. The van der Waals surface area contributed by atoms with Gasteiger partial charge >= 0.3 is 0 Å². The highest BCUT2D eigenvalue weighted by molar-refractivity contribution is 5.85. The third-order valence-corrected chi connectivity index (χ3v) is 4.00. The molecule has 1 saturated heterocycles. The summed E-state index contributed by atoms with van der Waals surface area (Å²) in [6.07, 6.45) is 1.81. The first-order valence-electron chi connectivity index (χ1n) is 6.82. The fourth-order valence-electron chi connectivity index (χ4n) is 3.02. The molecule has 2 aromatic rings. The summed E-state index contributed by atoms with van der Waals surface area (Å²) >= 11 is 0. The summed E-state index contributed by atoms with van der Waals surface area (Å²) in [7, 11) is 0. The lowest BCUT2D eigenvalue weighted by molar-refractivity contribution is 0.313. The first kappa shape index (κ1) is 15.0. The van der Waals surface area contributed by atoms with Crippen molar-refractivity contribution in [2.45, 2.75) is 12.5 Å². The van der Waals surface area contributed by atoms with Crippen LogP contribution in [0.2, 0.25) is 0 Å². The smallest absolute Gasteiger partial charge is 0.0492 e. The minimum atomic E-state index is 0. The lowest BCUT2D eigenvalue weighted by Gasteiger charge is -2.16. The first-order valence-corrected chi connectivity index (χ1v) is 6.82. The Labute approximate surface area is 125 Å². The summed E-state index contributed by atoms with van der Waals surface area (Å²) in [6.45, 7) is 3.82. The van der Waals surface area contributed by atoms with E-state index in [9.17, 15) is 0 Å². The molecular formula is C15H21ClN4. The minimum Gasteiger partial charge on any atom is -0.330 e. The molecule has 1 aromatic carbocycles. The number of halogens is 1. The van der Waals surface area contributed by atoms with Crippen LogP contribution >= 0.6 is 12.4 Å². The summed E-state index contributed by atoms with van der Waals surface area (Å²) in [6, 6.07) is 12.8. The molecule has 2 atom stereocenters. The molecule has 1 aromatic heterocycles. The number of H-pyrrole nitrogens is 1. The Balaban J connectivity index is 0.00000147. The molecule has 0 amide bonds. The maximum atomic E-state index is 5.95. The molecule has 1 aliphatic heterocycles. The molecule has 2 heterocycles. The highest BCUT2D eigenvalue weighted by Crippen LogP contribution is 2.32. The van der Waals surface area contributed by atoms with Gasteiger partial charge in [0.15, 0.2) is 0 Å². The van der Waals surface area contributed by atoms with Crippen LogP contribution in [0.1, 0.15) is 17.2 Å². The van der Waals surface area contributed by atoms with Crippen molar-refractivity contribution < 1.29 is 0 Å². The van der Waals surface area contributed by atoms with Crippen LogP contribution in [0, 0.1) is 5.92 Å². The molecule has 0 saturated carbocycles. The Kier molecular flexibility index (Phi) is 5.17. The zero-order chi connectivity index (χ0) is 13.1. The lowest BCUT2D eigenvalue weighted by Crippen LogP contribution is -2.23. The molecular weight excluding hydrogens is 272 g/mol. The standard InChI is InChI=1S/C15H20N4.ClH/c16-8-13-9-19(10-14-6-7-17-18-14)11-15(13)12-4-2-1-3-5-12;/h1-7,13,15H,8-11,16H2,(H,17,18);1H/t13-,15+;/m1./s1. The first-order chi connectivity index (χ1) is 9.36. The Hall–Kier alpha value is -1.36. The predicted octanol–water partition coefficient (Wildman–Crippen LogP) is 2.01. The van der Waals surface area contributed by atoms with Gasteiger partial charge in [-0.2, -0.15) is 5.10 Å². The van der Waals surface area contributed by atoms with Gasteiger partial charge in [0.05, 0.1) is 0 Å². The normalized spacial score (nSPS) is 22.6. The van der Waals surface area contributed by atoms with Gasteiger partial charge in [0, 0.05) is 37.4 Å². The summed E-state index contributed by atoms with van der Waals surface area (Å²) in [5.41, 5.74) is 8.53. The number of nitrogens with one attached hydrogen (secondary N) is 1. The molecule has 1 aliphatic rings. The van der Waals surface area contributed by atoms with Crippen molar-refractivity contribution in [2.75, 3.05) is 19.6 Å². The van der Waals surface area contributed by atoms with E-state index in [1.807, 2.05) is 6.07 Å². The van der Waals surface area contributed by atoms with Crippen LogP contribution in [-0.2, 0) is 6.54 Å². The van der Waals surface area contributed by atoms with Crippen molar-refractivity contribution in [3.8, 4) is 0 Å². The van der Waals surface area contributed by atoms with Crippen molar-refractivity contribution in [3.05, 3.63) is 53.9 Å². The molecule has 0 unspecified atom stereocenters. The average molecular weight is 293 g/mol. The van der Waals surface area contributed by atoms with Crippen molar-refractivity contribution in [2.24, 2.45) is 11.7 Å². The molecule has 5 heteroatoms. The van der Waals surface area contributed by atoms with Gasteiger partial charge in [-0.25, -0.2) is 0 Å². The van der Waals surface area contributed by atoms with Crippen LogP contribution in [0.3, 0.4) is 0 Å². The van der Waals surface area contributed by atoms with Crippen molar-refractivity contribution in [1.82, 2.24) is 15.1 Å². The number of aromatic amines is 1. The molecule has 0 radical (unpaired) electrons. The third-order valence-electron chi connectivity index (χ3n) is 4.00. The van der Waals surface area contributed by atoms with E-state index in [0.29, 0.717) is 11.8 Å². The van der Waals surface area contributed by atoms with Crippen LogP contribution in [0.15, 0.2) is 42.6 Å². The summed E-state index contributed by atoms with van der Waals surface area (Å²) < 4.78 is 0. The number of nitrogens with two attached hydrogens (primary N) is 1. The SMILES string of the molecule is Cl.NC[C@@H]1CN(Cc2ccn[nH]2)C[C@H]1c1ccccc1. The van der Waals surface area contributed by atoms with E-state index < -0.39 is 0 Å². The quantitative estimate of drug-likeness (QED) is 0.906. The average Bonchev–Trinajstić information content (AvgIpc) is 3.09. The second-order valence-electron chi connectivity index (χ2n) is 5.29. The van der Waals surface area contributed by atoms with Gasteiger partial charge in [0.25, 0.3) is 0 Å². The van der Waals surface area contributed by atoms with Gasteiger partial charge < -0.3 is 5.73 Å². The number of hydrogen-bond donors (Lipinski definition) is 2. The topological polar surface area (TPSA) is 57.9 Å². The van der Waals surface area contributed by atoms with E-state index in [2.05, 4.69) is 45.4 Å². The van der Waals surface area contributed by atoms with Crippen LogP contribution in [0.5, 0.6) is 0 Å². The van der Waals surface area contributed by atoms with E-state index in [4.69, 9.17) is 5.73 Å². The van der Waals surface area contributed by atoms with Crippen LogP contribution < -0.4 is 5.73 Å². The largest absolute Gasteiger partial charge is 0.330 e. The van der Waals surface area contributed by atoms with Crippen LogP contribution in [0.25, 0.3) is 0 Å². The third kappa shape index (κ3) is 3.20. The van der Waals surface area contributed by atoms with E-state index in [-0.39, 0.29) is 12.4 Å². The van der Waals surface area contributed by atoms with Gasteiger partial charge in [-0.15, -0.1) is 12.4 Å². The molecule has 3 rings (SSSR count). The Morgan fingerprint density at radius 1 is 1.20 bits per heavy atom. The van der Waals surface area contributed by atoms with E-state index in [0.717, 1.165) is 26.2 Å². The van der Waals surface area contributed by atoms with Gasteiger partial charge in [-0.05, 0) is 24.1 Å². The van der Waals surface area contributed by atoms with Gasteiger partial charge in [0.2, 0.25) is 0 Å². The molecule has 0 spiro atoms. The monoisotopic (exact) mass is 292 g/mol. The van der Waals surface area contributed by atoms with Crippen LogP contribution in [0.4, 0.5) is 0 Å². The summed E-state index contributed by atoms with van der Waals surface area (Å²) in [5.74, 6) is 1.10. The summed E-state index contributed by atoms with van der Waals surface area (Å²) in [5, 5.41) is 7.03. The lowest BCUT2D eigenvalue weighted by atomic mass is 9.89. The van der Waals surface area contributed by atoms with Gasteiger partial charge in [0.1, 0.15) is 0 Å². The number of rotatable bonds is 4. The number of nitrogens with zero attached hydrogens (tertiary/aromatic N) is 2. The van der Waals surface area contributed by atoms with Crippen LogP contribution in [-0.4, -0.2) is 34.7 Å². The number of benzene rings is 1. The zero-order valence-corrected chi connectivity index (χ0v) is 12.2. The van der Waals surface area contributed by atoms with Gasteiger partial charge in [-0.1, -0.05) is 30.3 Å². The zero-order valence-electron chi connectivity index (χ0n) is 11.4. The maximum Gasteiger partial charge on any atom is 0.0492 e. The predicted molar refractivity (Wildman–Crippen MR) is 82.8 cm³/mol. The molecule has 108 valence electrons. The fraction of sp³-hybridized carbons (Fsp3) is 0.400. The number of likely N-dealkylation sites (tertiary alicyclic amines) is 1. The molecule has 0 aliphatic carbocycles.